The summed E-state index contributed by atoms with van der Waals surface area (Å²) in [4.78, 5) is 13.8. The number of nitrogens with one attached hydrogen (secondary N) is 1. The molecule has 1 aromatic carbocycles. The Hall–Kier alpha value is -1.13. The fraction of sp³-hybridized carbons (Fsp3) is 0.462. The second kappa shape index (κ2) is 6.71. The molecule has 1 aliphatic rings. The van der Waals surface area contributed by atoms with E-state index >= 15 is 0 Å². The van der Waals surface area contributed by atoms with Gasteiger partial charge >= 0.3 is 0 Å². The fourth-order valence-corrected chi connectivity index (χ4v) is 2.09. The highest BCUT2D eigenvalue weighted by Crippen LogP contribution is 2.07. The monoisotopic (exact) mass is 272 g/mol. The number of nitrogens with zero attached hydrogens (tertiary/aromatic N) is 1. The van der Waals surface area contributed by atoms with Crippen molar-refractivity contribution in [2.24, 2.45) is 0 Å². The van der Waals surface area contributed by atoms with Gasteiger partial charge in [-0.15, -0.1) is 12.4 Å². The van der Waals surface area contributed by atoms with Gasteiger partial charge in [0.05, 0.1) is 6.42 Å². The smallest absolute Gasteiger partial charge is 0.227 e. The van der Waals surface area contributed by atoms with Crippen molar-refractivity contribution < 1.29 is 9.18 Å². The van der Waals surface area contributed by atoms with E-state index in [0.717, 1.165) is 25.2 Å². The molecule has 1 saturated heterocycles. The quantitative estimate of drug-likeness (QED) is 0.887. The topological polar surface area (TPSA) is 32.3 Å². The molecule has 0 spiro atoms. The lowest BCUT2D eigenvalue weighted by molar-refractivity contribution is -0.131. The van der Waals surface area contributed by atoms with E-state index in [1.165, 1.54) is 12.1 Å². The number of halogens is 2. The predicted octanol–water partition coefficient (Wildman–Crippen LogP) is 1.61. The first-order chi connectivity index (χ1) is 8.15. The van der Waals surface area contributed by atoms with E-state index in [4.69, 9.17) is 0 Å². The van der Waals surface area contributed by atoms with E-state index in [1.54, 1.807) is 12.1 Å². The van der Waals surface area contributed by atoms with Crippen molar-refractivity contribution >= 4 is 18.3 Å². The van der Waals surface area contributed by atoms with Crippen LogP contribution in [0.25, 0.3) is 0 Å². The zero-order valence-corrected chi connectivity index (χ0v) is 11.2. The van der Waals surface area contributed by atoms with E-state index < -0.39 is 0 Å². The van der Waals surface area contributed by atoms with Crippen LogP contribution in [0.4, 0.5) is 4.39 Å². The molecule has 1 atom stereocenters. The minimum absolute atomic E-state index is 0. The summed E-state index contributed by atoms with van der Waals surface area (Å²) in [5.41, 5.74) is 0.737. The van der Waals surface area contributed by atoms with Crippen molar-refractivity contribution in [2.75, 3.05) is 19.6 Å². The summed E-state index contributed by atoms with van der Waals surface area (Å²) in [7, 11) is 0. The normalized spacial score (nSPS) is 19.2. The Morgan fingerprint density at radius 1 is 1.56 bits per heavy atom. The van der Waals surface area contributed by atoms with Crippen LogP contribution in [0, 0.1) is 5.82 Å². The van der Waals surface area contributed by atoms with Crippen LogP contribution in [0.15, 0.2) is 24.3 Å². The van der Waals surface area contributed by atoms with Gasteiger partial charge in [0.1, 0.15) is 5.82 Å². The summed E-state index contributed by atoms with van der Waals surface area (Å²) in [6, 6.07) is 6.57. The molecule has 0 unspecified atom stereocenters. The highest BCUT2D eigenvalue weighted by molar-refractivity contribution is 5.85. The van der Waals surface area contributed by atoms with Crippen molar-refractivity contribution in [1.29, 1.82) is 0 Å². The molecule has 2 rings (SSSR count). The van der Waals surface area contributed by atoms with Gasteiger partial charge in [-0.2, -0.15) is 0 Å². The number of rotatable bonds is 2. The SMILES string of the molecule is C[C@H]1CN(C(=O)Cc2cccc(F)c2)CCN1.Cl. The molecular weight excluding hydrogens is 255 g/mol. The van der Waals surface area contributed by atoms with Crippen molar-refractivity contribution in [3.63, 3.8) is 0 Å². The van der Waals surface area contributed by atoms with Crippen molar-refractivity contribution in [3.8, 4) is 0 Å². The number of carbonyl (C=O) groups excluding carboxylic acids is 1. The van der Waals surface area contributed by atoms with Gasteiger partial charge in [0, 0.05) is 25.7 Å². The molecule has 5 heteroatoms. The van der Waals surface area contributed by atoms with Crippen molar-refractivity contribution in [2.45, 2.75) is 19.4 Å². The Labute approximate surface area is 113 Å². The van der Waals surface area contributed by atoms with Crippen LogP contribution in [0.3, 0.4) is 0 Å². The minimum Gasteiger partial charge on any atom is -0.340 e. The van der Waals surface area contributed by atoms with E-state index in [0.29, 0.717) is 6.04 Å². The lowest BCUT2D eigenvalue weighted by Gasteiger charge is -2.32. The fourth-order valence-electron chi connectivity index (χ4n) is 2.09. The molecule has 100 valence electrons. The lowest BCUT2D eigenvalue weighted by atomic mass is 10.1. The Morgan fingerprint density at radius 2 is 2.33 bits per heavy atom. The van der Waals surface area contributed by atoms with Crippen LogP contribution in [0.1, 0.15) is 12.5 Å². The number of hydrogen-bond donors (Lipinski definition) is 1. The molecule has 18 heavy (non-hydrogen) atoms. The third-order valence-corrected chi connectivity index (χ3v) is 2.97. The average Bonchev–Trinajstić information content (AvgIpc) is 2.29. The average molecular weight is 273 g/mol. The van der Waals surface area contributed by atoms with Crippen LogP contribution >= 0.6 is 12.4 Å². The molecule has 0 aliphatic carbocycles. The first-order valence-electron chi connectivity index (χ1n) is 5.91. The van der Waals surface area contributed by atoms with Crippen LogP contribution in [0.2, 0.25) is 0 Å². The predicted molar refractivity (Wildman–Crippen MR) is 71.4 cm³/mol. The summed E-state index contributed by atoms with van der Waals surface area (Å²) in [5.74, 6) is -0.215. The highest BCUT2D eigenvalue weighted by Gasteiger charge is 2.20. The molecule has 1 aliphatic heterocycles. The minimum atomic E-state index is -0.288. The van der Waals surface area contributed by atoms with Gasteiger partial charge in [0.25, 0.3) is 0 Å². The number of benzene rings is 1. The van der Waals surface area contributed by atoms with Gasteiger partial charge in [0.2, 0.25) is 5.91 Å². The van der Waals surface area contributed by atoms with Crippen LogP contribution in [0.5, 0.6) is 0 Å². The summed E-state index contributed by atoms with van der Waals surface area (Å²) in [6.45, 7) is 4.35. The lowest BCUT2D eigenvalue weighted by Crippen LogP contribution is -2.51. The largest absolute Gasteiger partial charge is 0.340 e. The van der Waals surface area contributed by atoms with Crippen LogP contribution in [-0.4, -0.2) is 36.5 Å². The maximum atomic E-state index is 13.0. The van der Waals surface area contributed by atoms with Gasteiger partial charge in [0.15, 0.2) is 0 Å². The van der Waals surface area contributed by atoms with E-state index in [-0.39, 0.29) is 30.6 Å². The third kappa shape index (κ3) is 3.96. The molecule has 1 heterocycles. The first kappa shape index (κ1) is 14.9. The molecule has 0 radical (unpaired) electrons. The molecular formula is C13H18ClFN2O. The summed E-state index contributed by atoms with van der Waals surface area (Å²) in [5, 5.41) is 3.29. The molecule has 0 aromatic heterocycles. The molecule has 3 nitrogen and oxygen atoms in total. The molecule has 1 aromatic rings. The molecule has 0 bridgehead atoms. The van der Waals surface area contributed by atoms with E-state index in [2.05, 4.69) is 12.2 Å². The van der Waals surface area contributed by atoms with Crippen molar-refractivity contribution in [1.82, 2.24) is 10.2 Å². The van der Waals surface area contributed by atoms with Crippen LogP contribution in [-0.2, 0) is 11.2 Å². The van der Waals surface area contributed by atoms with E-state index in [9.17, 15) is 9.18 Å². The standard InChI is InChI=1S/C13H17FN2O.ClH/c1-10-9-16(6-5-15-10)13(17)8-11-3-2-4-12(14)7-11;/h2-4,7,10,15H,5-6,8-9H2,1H3;1H/t10-;/m0./s1. The van der Waals surface area contributed by atoms with Crippen LogP contribution < -0.4 is 5.32 Å². The maximum Gasteiger partial charge on any atom is 0.227 e. The van der Waals surface area contributed by atoms with Crippen molar-refractivity contribution in [3.05, 3.63) is 35.6 Å². The molecule has 1 fully saturated rings. The second-order valence-electron chi connectivity index (χ2n) is 4.50. The number of carbonyl (C=O) groups is 1. The third-order valence-electron chi connectivity index (χ3n) is 2.97. The molecule has 0 saturated carbocycles. The summed E-state index contributed by atoms with van der Waals surface area (Å²) >= 11 is 0. The number of hydrogen-bond acceptors (Lipinski definition) is 2. The molecule has 1 N–H and O–H groups in total. The second-order valence-corrected chi connectivity index (χ2v) is 4.50. The Morgan fingerprint density at radius 3 is 3.00 bits per heavy atom. The van der Waals surface area contributed by atoms with Gasteiger partial charge in [-0.3, -0.25) is 4.79 Å². The van der Waals surface area contributed by atoms with Gasteiger partial charge in [-0.1, -0.05) is 12.1 Å². The summed E-state index contributed by atoms with van der Waals surface area (Å²) in [6.07, 6.45) is 0.282. The Balaban J connectivity index is 0.00000162. The number of amides is 1. The zero-order valence-electron chi connectivity index (χ0n) is 10.4. The number of piperazine rings is 1. The maximum absolute atomic E-state index is 13.0. The Kier molecular flexibility index (Phi) is 5.56. The zero-order chi connectivity index (χ0) is 12.3. The van der Waals surface area contributed by atoms with Gasteiger partial charge in [-0.25, -0.2) is 4.39 Å². The molecule has 1 amide bonds. The Bertz CT molecular complexity index is 414. The van der Waals surface area contributed by atoms with Gasteiger partial charge < -0.3 is 10.2 Å². The highest BCUT2D eigenvalue weighted by atomic mass is 35.5. The van der Waals surface area contributed by atoms with Gasteiger partial charge in [-0.05, 0) is 24.6 Å². The van der Waals surface area contributed by atoms with E-state index in [1.807, 2.05) is 4.90 Å². The summed E-state index contributed by atoms with van der Waals surface area (Å²) < 4.78 is 13.0. The first-order valence-corrected chi connectivity index (χ1v) is 5.91.